The molecule has 0 aliphatic heterocycles. The van der Waals surface area contributed by atoms with E-state index in [2.05, 4.69) is 21.0 Å². The van der Waals surface area contributed by atoms with Crippen LogP contribution in [-0.4, -0.2) is 14.9 Å². The highest BCUT2D eigenvalue weighted by Gasteiger charge is 2.14. The summed E-state index contributed by atoms with van der Waals surface area (Å²) < 4.78 is 2.71. The lowest BCUT2D eigenvalue weighted by molar-refractivity contribution is 0.180. The first-order chi connectivity index (χ1) is 7.16. The Bertz CT molecular complexity index is 452. The number of halogens is 1. The number of thiophene rings is 1. The molecule has 0 aliphatic carbocycles. The van der Waals surface area contributed by atoms with E-state index in [-0.39, 0.29) is 0 Å². The van der Waals surface area contributed by atoms with Crippen LogP contribution >= 0.6 is 27.3 Å². The summed E-state index contributed by atoms with van der Waals surface area (Å²) in [5.74, 6) is 0. The summed E-state index contributed by atoms with van der Waals surface area (Å²) in [5, 5.41) is 16.2. The van der Waals surface area contributed by atoms with Crippen molar-refractivity contribution >= 4 is 27.3 Å². The van der Waals surface area contributed by atoms with Crippen LogP contribution in [0.5, 0.6) is 0 Å². The molecule has 80 valence electrons. The van der Waals surface area contributed by atoms with Crippen molar-refractivity contribution in [1.29, 1.82) is 0 Å². The average molecular weight is 287 g/mol. The van der Waals surface area contributed by atoms with E-state index < -0.39 is 6.10 Å². The van der Waals surface area contributed by atoms with Crippen LogP contribution < -0.4 is 0 Å². The largest absolute Gasteiger partial charge is 0.387 e. The molecule has 0 aromatic carbocycles. The second kappa shape index (κ2) is 4.47. The van der Waals surface area contributed by atoms with Crippen LogP contribution in [-0.2, 0) is 13.5 Å². The molecule has 5 heteroatoms. The number of aliphatic hydroxyl groups is 1. The van der Waals surface area contributed by atoms with Gasteiger partial charge in [0, 0.05) is 29.0 Å². The van der Waals surface area contributed by atoms with E-state index >= 15 is 0 Å². The van der Waals surface area contributed by atoms with E-state index in [1.165, 1.54) is 0 Å². The molecule has 3 nitrogen and oxygen atoms in total. The summed E-state index contributed by atoms with van der Waals surface area (Å²) in [4.78, 5) is 0.959. The summed E-state index contributed by atoms with van der Waals surface area (Å²) in [5.41, 5.74) is 0.908. The molecule has 0 bridgehead atoms. The van der Waals surface area contributed by atoms with Crippen molar-refractivity contribution in [1.82, 2.24) is 9.78 Å². The van der Waals surface area contributed by atoms with E-state index in [1.807, 2.05) is 30.8 Å². The van der Waals surface area contributed by atoms with Crippen molar-refractivity contribution in [3.05, 3.63) is 38.8 Å². The average Bonchev–Trinajstić information content (AvgIpc) is 2.75. The molecular weight excluding hydrogens is 276 g/mol. The quantitative estimate of drug-likeness (QED) is 0.942. The van der Waals surface area contributed by atoms with Gasteiger partial charge in [-0.1, -0.05) is 0 Å². The third-order valence-corrected chi connectivity index (χ3v) is 4.09. The predicted molar refractivity (Wildman–Crippen MR) is 63.9 cm³/mol. The highest BCUT2D eigenvalue weighted by atomic mass is 79.9. The van der Waals surface area contributed by atoms with Gasteiger partial charge >= 0.3 is 0 Å². The molecule has 1 N–H and O–H groups in total. The molecule has 0 fully saturated rings. The Morgan fingerprint density at radius 3 is 2.93 bits per heavy atom. The van der Waals surface area contributed by atoms with Crippen LogP contribution in [0.3, 0.4) is 0 Å². The van der Waals surface area contributed by atoms with Crippen LogP contribution in [0.2, 0.25) is 0 Å². The lowest BCUT2D eigenvalue weighted by atomic mass is 10.2. The van der Waals surface area contributed by atoms with Gasteiger partial charge < -0.3 is 5.11 Å². The first-order valence-electron chi connectivity index (χ1n) is 4.56. The van der Waals surface area contributed by atoms with Crippen molar-refractivity contribution in [3.8, 4) is 0 Å². The fourth-order valence-corrected chi connectivity index (χ4v) is 3.03. The lowest BCUT2D eigenvalue weighted by Crippen LogP contribution is -2.01. The molecule has 2 heterocycles. The Morgan fingerprint density at radius 1 is 1.60 bits per heavy atom. The molecule has 0 amide bonds. The minimum atomic E-state index is -0.478. The number of aromatic nitrogens is 2. The standard InChI is InChI=1S/C10H11BrN2OS/c1-13-4-2-7(12-13)6-9(14)10-8(11)3-5-15-10/h2-5,9,14H,6H2,1H3. The fraction of sp³-hybridized carbons (Fsp3) is 0.300. The van der Waals surface area contributed by atoms with Crippen molar-refractivity contribution in [3.63, 3.8) is 0 Å². The molecule has 0 aliphatic rings. The Balaban J connectivity index is 2.10. The van der Waals surface area contributed by atoms with Gasteiger partial charge in [0.15, 0.2) is 0 Å². The van der Waals surface area contributed by atoms with Crippen molar-refractivity contribution in [2.45, 2.75) is 12.5 Å². The van der Waals surface area contributed by atoms with Gasteiger partial charge in [0.25, 0.3) is 0 Å². The van der Waals surface area contributed by atoms with Crippen molar-refractivity contribution in [2.24, 2.45) is 7.05 Å². The minimum Gasteiger partial charge on any atom is -0.387 e. The third-order valence-electron chi connectivity index (χ3n) is 2.12. The molecule has 2 aromatic heterocycles. The number of rotatable bonds is 3. The molecule has 0 spiro atoms. The number of aliphatic hydroxyl groups excluding tert-OH is 1. The SMILES string of the molecule is Cn1ccc(CC(O)c2sccc2Br)n1. The number of aryl methyl sites for hydroxylation is 1. The number of nitrogens with zero attached hydrogens (tertiary/aromatic N) is 2. The van der Waals surface area contributed by atoms with Gasteiger partial charge in [-0.3, -0.25) is 4.68 Å². The van der Waals surface area contributed by atoms with Crippen LogP contribution in [0.15, 0.2) is 28.2 Å². The number of hydrogen-bond donors (Lipinski definition) is 1. The summed E-state index contributed by atoms with van der Waals surface area (Å²) in [6.45, 7) is 0. The van der Waals surface area contributed by atoms with Crippen molar-refractivity contribution in [2.75, 3.05) is 0 Å². The monoisotopic (exact) mass is 286 g/mol. The van der Waals surface area contributed by atoms with E-state index in [0.717, 1.165) is 15.0 Å². The topological polar surface area (TPSA) is 38.0 Å². The van der Waals surface area contributed by atoms with E-state index in [1.54, 1.807) is 16.0 Å². The zero-order valence-corrected chi connectivity index (χ0v) is 10.6. The van der Waals surface area contributed by atoms with Crippen molar-refractivity contribution < 1.29 is 5.11 Å². The maximum absolute atomic E-state index is 9.98. The van der Waals surface area contributed by atoms with E-state index in [0.29, 0.717) is 6.42 Å². The predicted octanol–water partition coefficient (Wildman–Crippen LogP) is 2.52. The van der Waals surface area contributed by atoms with Gasteiger partial charge in [0.2, 0.25) is 0 Å². The third kappa shape index (κ3) is 2.48. The van der Waals surface area contributed by atoms with E-state index in [4.69, 9.17) is 0 Å². The highest BCUT2D eigenvalue weighted by molar-refractivity contribution is 9.10. The molecule has 1 atom stereocenters. The Labute approximate surface area is 100 Å². The van der Waals surface area contributed by atoms with Gasteiger partial charge in [-0.15, -0.1) is 11.3 Å². The molecule has 0 saturated heterocycles. The summed E-state index contributed by atoms with van der Waals surface area (Å²) in [6, 6.07) is 3.87. The first kappa shape index (κ1) is 10.9. The summed E-state index contributed by atoms with van der Waals surface area (Å²) in [6.07, 6.45) is 1.96. The van der Waals surface area contributed by atoms with Crippen LogP contribution in [0, 0.1) is 0 Å². The van der Waals surface area contributed by atoms with Crippen LogP contribution in [0.4, 0.5) is 0 Å². The maximum atomic E-state index is 9.98. The van der Waals surface area contributed by atoms with Gasteiger partial charge in [-0.25, -0.2) is 0 Å². The normalized spacial score (nSPS) is 13.0. The van der Waals surface area contributed by atoms with Gasteiger partial charge in [-0.2, -0.15) is 5.10 Å². The molecule has 0 saturated carbocycles. The summed E-state index contributed by atoms with van der Waals surface area (Å²) >= 11 is 4.96. The maximum Gasteiger partial charge on any atom is 0.0949 e. The Morgan fingerprint density at radius 2 is 2.40 bits per heavy atom. The second-order valence-corrected chi connectivity index (χ2v) is 5.14. The summed E-state index contributed by atoms with van der Waals surface area (Å²) in [7, 11) is 1.87. The molecule has 1 unspecified atom stereocenters. The minimum absolute atomic E-state index is 0.478. The smallest absolute Gasteiger partial charge is 0.0949 e. The molecule has 2 rings (SSSR count). The number of hydrogen-bond acceptors (Lipinski definition) is 3. The van der Waals surface area contributed by atoms with Gasteiger partial charge in [-0.05, 0) is 33.4 Å². The molecule has 2 aromatic rings. The van der Waals surface area contributed by atoms with Gasteiger partial charge in [0.05, 0.1) is 11.8 Å². The highest BCUT2D eigenvalue weighted by Crippen LogP contribution is 2.30. The fourth-order valence-electron chi connectivity index (χ4n) is 1.41. The zero-order valence-electron chi connectivity index (χ0n) is 8.22. The second-order valence-electron chi connectivity index (χ2n) is 3.33. The molecular formula is C10H11BrN2OS. The van der Waals surface area contributed by atoms with Crippen LogP contribution in [0.25, 0.3) is 0 Å². The van der Waals surface area contributed by atoms with Gasteiger partial charge in [0.1, 0.15) is 0 Å². The zero-order chi connectivity index (χ0) is 10.8. The van der Waals surface area contributed by atoms with Crippen LogP contribution in [0.1, 0.15) is 16.7 Å². The van der Waals surface area contributed by atoms with E-state index in [9.17, 15) is 5.11 Å². The lowest BCUT2D eigenvalue weighted by Gasteiger charge is -2.06. The molecule has 15 heavy (non-hydrogen) atoms. The Hall–Kier alpha value is -0.650. The first-order valence-corrected chi connectivity index (χ1v) is 6.23. The molecule has 0 radical (unpaired) electrons. The Kier molecular flexibility index (Phi) is 3.23.